The predicted molar refractivity (Wildman–Crippen MR) is 60.2 cm³/mol. The molecule has 1 heterocycles. The zero-order valence-corrected chi connectivity index (χ0v) is 9.16. The molecule has 0 bridgehead atoms. The van der Waals surface area contributed by atoms with Gasteiger partial charge in [-0.1, -0.05) is 22.0 Å². The van der Waals surface area contributed by atoms with Crippen molar-refractivity contribution in [3.8, 4) is 0 Å². The van der Waals surface area contributed by atoms with Crippen molar-refractivity contribution in [2.24, 2.45) is 0 Å². The molecule has 1 aromatic heterocycles. The van der Waals surface area contributed by atoms with Crippen LogP contribution in [-0.4, -0.2) is 16.7 Å². The van der Waals surface area contributed by atoms with Crippen LogP contribution in [0.5, 0.6) is 0 Å². The molecule has 14 heavy (non-hydrogen) atoms. The maximum Gasteiger partial charge on any atom is 0.0486 e. The van der Waals surface area contributed by atoms with Gasteiger partial charge < -0.3 is 5.11 Å². The molecule has 0 atom stereocenters. The Kier molecular flexibility index (Phi) is 2.79. The normalized spacial score (nSPS) is 10.7. The van der Waals surface area contributed by atoms with E-state index in [2.05, 4.69) is 20.9 Å². The van der Waals surface area contributed by atoms with Gasteiger partial charge in [0.15, 0.2) is 0 Å². The minimum atomic E-state index is 0.148. The Morgan fingerprint density at radius 1 is 1.21 bits per heavy atom. The highest BCUT2D eigenvalue weighted by atomic mass is 79.9. The molecule has 0 aliphatic heterocycles. The van der Waals surface area contributed by atoms with Gasteiger partial charge in [0.1, 0.15) is 0 Å². The number of halogens is 1. The highest BCUT2D eigenvalue weighted by molar-refractivity contribution is 9.10. The van der Waals surface area contributed by atoms with Crippen LogP contribution in [0.3, 0.4) is 0 Å². The van der Waals surface area contributed by atoms with Gasteiger partial charge in [-0.15, -0.1) is 0 Å². The lowest BCUT2D eigenvalue weighted by atomic mass is 10.1. The highest BCUT2D eigenvalue weighted by Gasteiger charge is 1.98. The summed E-state index contributed by atoms with van der Waals surface area (Å²) in [5, 5.41) is 11.1. The van der Waals surface area contributed by atoms with Crippen molar-refractivity contribution in [2.75, 3.05) is 6.61 Å². The maximum atomic E-state index is 8.79. The van der Waals surface area contributed by atoms with Crippen molar-refractivity contribution in [1.82, 2.24) is 4.98 Å². The summed E-state index contributed by atoms with van der Waals surface area (Å²) in [6, 6.07) is 8.09. The van der Waals surface area contributed by atoms with Crippen molar-refractivity contribution < 1.29 is 5.11 Å². The second-order valence-corrected chi connectivity index (χ2v) is 4.06. The Morgan fingerprint density at radius 2 is 2.07 bits per heavy atom. The summed E-state index contributed by atoms with van der Waals surface area (Å²) in [6.45, 7) is 0.148. The van der Waals surface area contributed by atoms with Gasteiger partial charge in [0.05, 0.1) is 0 Å². The van der Waals surface area contributed by atoms with Crippen molar-refractivity contribution in [2.45, 2.75) is 6.42 Å². The third kappa shape index (κ3) is 1.94. The smallest absolute Gasteiger partial charge is 0.0486 e. The Bertz CT molecular complexity index is 456. The van der Waals surface area contributed by atoms with Gasteiger partial charge in [0.25, 0.3) is 0 Å². The van der Waals surface area contributed by atoms with E-state index in [0.717, 1.165) is 20.9 Å². The van der Waals surface area contributed by atoms with Crippen LogP contribution in [0, 0.1) is 0 Å². The zero-order valence-electron chi connectivity index (χ0n) is 7.57. The van der Waals surface area contributed by atoms with Gasteiger partial charge in [-0.3, -0.25) is 4.98 Å². The fourth-order valence-corrected chi connectivity index (χ4v) is 1.79. The lowest BCUT2D eigenvalue weighted by Gasteiger charge is -2.01. The van der Waals surface area contributed by atoms with Crippen LogP contribution in [0.4, 0.5) is 0 Å². The first kappa shape index (κ1) is 9.62. The van der Waals surface area contributed by atoms with E-state index in [4.69, 9.17) is 5.11 Å². The molecule has 0 saturated carbocycles. The second kappa shape index (κ2) is 4.07. The SMILES string of the molecule is OCCc1cc2ccc(Br)cc2cn1. The molecule has 2 nitrogen and oxygen atoms in total. The summed E-state index contributed by atoms with van der Waals surface area (Å²) < 4.78 is 1.06. The van der Waals surface area contributed by atoms with E-state index < -0.39 is 0 Å². The number of rotatable bonds is 2. The molecule has 72 valence electrons. The third-order valence-corrected chi connectivity index (χ3v) is 2.60. The average molecular weight is 252 g/mol. The minimum absolute atomic E-state index is 0.148. The molecule has 0 amide bonds. The van der Waals surface area contributed by atoms with Crippen LogP contribution in [0.1, 0.15) is 5.69 Å². The Labute approximate surface area is 90.7 Å². The number of hydrogen-bond donors (Lipinski definition) is 1. The number of nitrogens with zero attached hydrogens (tertiary/aromatic N) is 1. The van der Waals surface area contributed by atoms with Crippen LogP contribution in [-0.2, 0) is 6.42 Å². The van der Waals surface area contributed by atoms with Crippen LogP contribution >= 0.6 is 15.9 Å². The lowest BCUT2D eigenvalue weighted by Crippen LogP contribution is -1.93. The van der Waals surface area contributed by atoms with Crippen molar-refractivity contribution >= 4 is 26.7 Å². The monoisotopic (exact) mass is 251 g/mol. The first-order chi connectivity index (χ1) is 6.79. The number of pyridine rings is 1. The van der Waals surface area contributed by atoms with Crippen molar-refractivity contribution in [1.29, 1.82) is 0 Å². The number of fused-ring (bicyclic) bond motifs is 1. The average Bonchev–Trinajstić information content (AvgIpc) is 2.19. The molecule has 0 radical (unpaired) electrons. The number of benzene rings is 1. The molecule has 0 aliphatic rings. The zero-order chi connectivity index (χ0) is 9.97. The summed E-state index contributed by atoms with van der Waals surface area (Å²) >= 11 is 3.41. The van der Waals surface area contributed by atoms with Crippen LogP contribution in [0.15, 0.2) is 34.9 Å². The summed E-state index contributed by atoms with van der Waals surface area (Å²) in [5.41, 5.74) is 0.933. The molecule has 1 aromatic carbocycles. The van der Waals surface area contributed by atoms with Crippen LogP contribution in [0.2, 0.25) is 0 Å². The number of aliphatic hydroxyl groups excluding tert-OH is 1. The summed E-state index contributed by atoms with van der Waals surface area (Å²) in [7, 11) is 0. The predicted octanol–water partition coefficient (Wildman–Crippen LogP) is 2.53. The largest absolute Gasteiger partial charge is 0.396 e. The molecule has 0 aliphatic carbocycles. The number of aromatic nitrogens is 1. The summed E-state index contributed by atoms with van der Waals surface area (Å²) in [4.78, 5) is 4.26. The molecule has 2 aromatic rings. The van der Waals surface area contributed by atoms with E-state index in [-0.39, 0.29) is 6.61 Å². The second-order valence-electron chi connectivity index (χ2n) is 3.14. The first-order valence-corrected chi connectivity index (χ1v) is 5.24. The maximum absolute atomic E-state index is 8.79. The molecular formula is C11H10BrNO. The molecule has 0 unspecified atom stereocenters. The molecular weight excluding hydrogens is 242 g/mol. The van der Waals surface area contributed by atoms with Gasteiger partial charge in [-0.2, -0.15) is 0 Å². The van der Waals surface area contributed by atoms with Crippen LogP contribution < -0.4 is 0 Å². The van der Waals surface area contributed by atoms with Gasteiger partial charge in [-0.05, 0) is 23.6 Å². The molecule has 0 fully saturated rings. The van der Waals surface area contributed by atoms with Gasteiger partial charge >= 0.3 is 0 Å². The van der Waals surface area contributed by atoms with E-state index in [0.29, 0.717) is 6.42 Å². The van der Waals surface area contributed by atoms with E-state index >= 15 is 0 Å². The fourth-order valence-electron chi connectivity index (χ4n) is 1.41. The van der Waals surface area contributed by atoms with Gasteiger partial charge in [0.2, 0.25) is 0 Å². The molecule has 0 spiro atoms. The molecule has 3 heteroatoms. The molecule has 1 N–H and O–H groups in total. The van der Waals surface area contributed by atoms with E-state index in [9.17, 15) is 0 Å². The minimum Gasteiger partial charge on any atom is -0.396 e. The molecule has 2 rings (SSSR count). The Hall–Kier alpha value is -0.930. The van der Waals surface area contributed by atoms with Gasteiger partial charge in [-0.25, -0.2) is 0 Å². The highest BCUT2D eigenvalue weighted by Crippen LogP contribution is 2.19. The summed E-state index contributed by atoms with van der Waals surface area (Å²) in [6.07, 6.45) is 2.46. The number of aliphatic hydroxyl groups is 1. The Morgan fingerprint density at radius 3 is 2.86 bits per heavy atom. The Balaban J connectivity index is 2.50. The molecule has 0 saturated heterocycles. The quantitative estimate of drug-likeness (QED) is 0.890. The van der Waals surface area contributed by atoms with Crippen molar-refractivity contribution in [3.05, 3.63) is 40.6 Å². The topological polar surface area (TPSA) is 33.1 Å². The van der Waals surface area contributed by atoms with E-state index in [1.807, 2.05) is 30.5 Å². The fraction of sp³-hybridized carbons (Fsp3) is 0.182. The van der Waals surface area contributed by atoms with E-state index in [1.165, 1.54) is 0 Å². The van der Waals surface area contributed by atoms with E-state index in [1.54, 1.807) is 0 Å². The lowest BCUT2D eigenvalue weighted by molar-refractivity contribution is 0.298. The standard InChI is InChI=1S/C11H10BrNO/c12-10-2-1-8-6-11(3-4-14)13-7-9(8)5-10/h1-2,5-7,14H,3-4H2. The van der Waals surface area contributed by atoms with Crippen LogP contribution in [0.25, 0.3) is 10.8 Å². The third-order valence-electron chi connectivity index (χ3n) is 2.11. The summed E-state index contributed by atoms with van der Waals surface area (Å²) in [5.74, 6) is 0. The van der Waals surface area contributed by atoms with Gasteiger partial charge in [0, 0.05) is 34.8 Å². The number of hydrogen-bond acceptors (Lipinski definition) is 2. The first-order valence-electron chi connectivity index (χ1n) is 4.44. The van der Waals surface area contributed by atoms with Crippen molar-refractivity contribution in [3.63, 3.8) is 0 Å².